The van der Waals surface area contributed by atoms with Gasteiger partial charge in [-0.2, -0.15) is 0 Å². The molecule has 0 radical (unpaired) electrons. The van der Waals surface area contributed by atoms with Crippen LogP contribution >= 0.6 is 0 Å². The molecule has 3 heterocycles. The minimum atomic E-state index is -0.650. The number of nitrogens with two attached hydrogens (primary N) is 3. The molecule has 0 unspecified atom stereocenters. The van der Waals surface area contributed by atoms with Crippen molar-refractivity contribution in [3.63, 3.8) is 0 Å². The third-order valence-electron chi connectivity index (χ3n) is 2.15. The first-order valence-corrected chi connectivity index (χ1v) is 5.60. The van der Waals surface area contributed by atoms with E-state index < -0.39 is 16.9 Å². The predicted octanol–water partition coefficient (Wildman–Crippen LogP) is -3.63. The van der Waals surface area contributed by atoms with E-state index in [1.54, 1.807) is 0 Å². The minimum absolute atomic E-state index is 0.0413. The third-order valence-corrected chi connectivity index (χ3v) is 2.15. The van der Waals surface area contributed by atoms with Crippen LogP contribution in [-0.4, -0.2) is 29.9 Å². The van der Waals surface area contributed by atoms with E-state index in [0.717, 1.165) is 0 Å². The lowest BCUT2D eigenvalue weighted by Crippen LogP contribution is -2.21. The van der Waals surface area contributed by atoms with Crippen LogP contribution < -0.4 is 39.1 Å². The molecule has 0 aromatic carbocycles. The Bertz CT molecular complexity index is 941. The van der Waals surface area contributed by atoms with E-state index in [1.165, 1.54) is 0 Å². The van der Waals surface area contributed by atoms with Crippen molar-refractivity contribution < 1.29 is 4.98 Å². The zero-order valence-electron chi connectivity index (χ0n) is 11.3. The summed E-state index contributed by atoms with van der Waals surface area (Å²) >= 11 is 0. The number of nitrogens with one attached hydrogen (secondary N) is 5. The summed E-state index contributed by atoms with van der Waals surface area (Å²) in [5.41, 5.74) is 13.9. The summed E-state index contributed by atoms with van der Waals surface area (Å²) in [6, 6.07) is 0. The highest BCUT2D eigenvalue weighted by molar-refractivity contribution is 5.67. The van der Waals surface area contributed by atoms with Gasteiger partial charge >= 0.3 is 29.2 Å². The van der Waals surface area contributed by atoms with Gasteiger partial charge in [-0.25, -0.2) is 14.6 Å². The lowest BCUT2D eigenvalue weighted by molar-refractivity contribution is -0.350. The summed E-state index contributed by atoms with van der Waals surface area (Å²) in [5, 5.41) is 6.25. The topological polar surface area (TPSA) is 256 Å². The molecule has 0 aliphatic rings. The molecular formula is C9H11N11O3. The molecule has 0 aliphatic heterocycles. The molecule has 0 fully saturated rings. The largest absolute Gasteiger partial charge is 0.512 e. The maximum atomic E-state index is 10.9. The van der Waals surface area contributed by atoms with E-state index in [-0.39, 0.29) is 29.0 Å². The number of imidazole rings is 1. The monoisotopic (exact) mass is 321 g/mol. The van der Waals surface area contributed by atoms with Crippen molar-refractivity contribution >= 4 is 29.0 Å². The molecule has 0 bridgehead atoms. The van der Waals surface area contributed by atoms with E-state index in [0.29, 0.717) is 0 Å². The van der Waals surface area contributed by atoms with Crippen molar-refractivity contribution in [2.24, 2.45) is 0 Å². The van der Waals surface area contributed by atoms with Crippen LogP contribution in [0.3, 0.4) is 0 Å². The van der Waals surface area contributed by atoms with Crippen LogP contribution in [0.4, 0.5) is 17.8 Å². The number of aromatic nitrogens is 7. The van der Waals surface area contributed by atoms with Gasteiger partial charge < -0.3 is 29.0 Å². The number of hydrogen-bond acceptors (Lipinski definition) is 9. The Balaban J connectivity index is 0.000000215. The van der Waals surface area contributed by atoms with Gasteiger partial charge in [0.15, 0.2) is 0 Å². The summed E-state index contributed by atoms with van der Waals surface area (Å²) < 4.78 is 0. The summed E-state index contributed by atoms with van der Waals surface area (Å²) in [6.07, 6.45) is 0. The van der Waals surface area contributed by atoms with Gasteiger partial charge in [0.1, 0.15) is 11.2 Å². The smallest absolute Gasteiger partial charge is 0.327 e. The molecule has 120 valence electrons. The number of anilines is 3. The number of hydrogen-bond donors (Lipinski definition) is 7. The van der Waals surface area contributed by atoms with E-state index in [2.05, 4.69) is 29.9 Å². The number of H-pyrrole nitrogens is 5. The predicted molar refractivity (Wildman–Crippen MR) is 77.0 cm³/mol. The van der Waals surface area contributed by atoms with Crippen LogP contribution in [0.5, 0.6) is 0 Å². The number of nitrogen functional groups attached to an aromatic ring is 3. The molecule has 0 aliphatic carbocycles. The molecule has 23 heavy (non-hydrogen) atoms. The third kappa shape index (κ3) is 4.42. The van der Waals surface area contributed by atoms with Crippen LogP contribution in [0.2, 0.25) is 0 Å². The molecular weight excluding hydrogens is 310 g/mol. The van der Waals surface area contributed by atoms with Crippen LogP contribution in [-0.2, 0) is 0 Å². The molecule has 14 heteroatoms. The molecule has 0 atom stereocenters. The quantitative estimate of drug-likeness (QED) is 0.201. The Hall–Kier alpha value is -4.15. The van der Waals surface area contributed by atoms with Crippen LogP contribution in [0.15, 0.2) is 14.4 Å². The molecule has 0 saturated carbocycles. The normalized spacial score (nSPS) is 9.30. The highest BCUT2D eigenvalue weighted by Crippen LogP contribution is 1.91. The zero-order valence-corrected chi connectivity index (χ0v) is 11.3. The highest BCUT2D eigenvalue weighted by Gasteiger charge is 2.02. The second-order valence-electron chi connectivity index (χ2n) is 3.71. The Morgan fingerprint density at radius 2 is 1.35 bits per heavy atom. The van der Waals surface area contributed by atoms with E-state index in [4.69, 9.17) is 29.0 Å². The SMILES string of the molecule is Nc1nc(N)[nH+]c(N)n1.O=c1[nH]c(=O)c2[nH]c(=O)[nH]c2[nH]1.[C-]#N. The van der Waals surface area contributed by atoms with Gasteiger partial charge in [0.25, 0.3) is 5.56 Å². The Morgan fingerprint density at radius 1 is 0.870 bits per heavy atom. The Labute approximate surface area is 125 Å². The fourth-order valence-electron chi connectivity index (χ4n) is 1.42. The molecule has 11 N–H and O–H groups in total. The van der Waals surface area contributed by atoms with Gasteiger partial charge in [0, 0.05) is 0 Å². The summed E-state index contributed by atoms with van der Waals surface area (Å²) in [5.74, 6) is 0.406. The van der Waals surface area contributed by atoms with Crippen LogP contribution in [0, 0.1) is 11.8 Å². The van der Waals surface area contributed by atoms with Crippen molar-refractivity contribution in [3.05, 3.63) is 37.9 Å². The lowest BCUT2D eigenvalue weighted by atomic mass is 10.5. The second kappa shape index (κ2) is 7.03. The van der Waals surface area contributed by atoms with Crippen molar-refractivity contribution in [2.75, 3.05) is 17.2 Å². The Kier molecular flexibility index (Phi) is 5.17. The second-order valence-corrected chi connectivity index (χ2v) is 3.71. The Morgan fingerprint density at radius 3 is 1.83 bits per heavy atom. The van der Waals surface area contributed by atoms with Crippen molar-refractivity contribution in [1.29, 1.82) is 5.26 Å². The minimum Gasteiger partial charge on any atom is -0.512 e. The number of aromatic amines is 5. The first-order valence-electron chi connectivity index (χ1n) is 5.60. The van der Waals surface area contributed by atoms with Gasteiger partial charge in [-0.3, -0.25) is 24.7 Å². The van der Waals surface area contributed by atoms with Gasteiger partial charge in [-0.15, -0.1) is 0 Å². The summed E-state index contributed by atoms with van der Waals surface area (Å²) in [6.45, 7) is 4.75. The molecule has 3 aromatic rings. The molecule has 0 amide bonds. The van der Waals surface area contributed by atoms with Gasteiger partial charge in [-0.05, 0) is 0 Å². The van der Waals surface area contributed by atoms with Crippen LogP contribution in [0.25, 0.3) is 11.2 Å². The van der Waals surface area contributed by atoms with Crippen LogP contribution in [0.1, 0.15) is 0 Å². The number of nitrogens with zero attached hydrogens (tertiary/aromatic N) is 3. The van der Waals surface area contributed by atoms with Gasteiger partial charge in [0.05, 0.1) is 0 Å². The van der Waals surface area contributed by atoms with Gasteiger partial charge in [-0.1, -0.05) is 9.97 Å². The molecule has 14 nitrogen and oxygen atoms in total. The van der Waals surface area contributed by atoms with Gasteiger partial charge in [0.2, 0.25) is 0 Å². The summed E-state index contributed by atoms with van der Waals surface area (Å²) in [4.78, 5) is 50.5. The standard InChI is InChI=1S/C5H4N4O3.C3H6N6.CN/c10-3-1-2(7-4(11)6-1)8-5(12)9-3;4-1-7-2(5)9-3(6)8-1;1-2/h(H4,6,7,8,9,10,11,12);(H6,4,5,6,7,8,9);/q;;-1/p+1. The zero-order chi connectivity index (χ0) is 17.6. The average Bonchev–Trinajstić information content (AvgIpc) is 2.81. The average molecular weight is 321 g/mol. The molecule has 3 aromatic heterocycles. The lowest BCUT2D eigenvalue weighted by Gasteiger charge is -1.87. The van der Waals surface area contributed by atoms with E-state index in [9.17, 15) is 14.4 Å². The fraction of sp³-hybridized carbons (Fsp3) is 0. The van der Waals surface area contributed by atoms with Crippen molar-refractivity contribution in [3.8, 4) is 0 Å². The van der Waals surface area contributed by atoms with Crippen molar-refractivity contribution in [2.45, 2.75) is 0 Å². The summed E-state index contributed by atoms with van der Waals surface area (Å²) in [7, 11) is 0. The highest BCUT2D eigenvalue weighted by atomic mass is 16.2. The molecule has 0 spiro atoms. The molecule has 3 rings (SSSR count). The first-order chi connectivity index (χ1) is 10.8. The number of fused-ring (bicyclic) bond motifs is 1. The maximum absolute atomic E-state index is 10.9. The van der Waals surface area contributed by atoms with E-state index in [1.807, 2.05) is 4.98 Å². The first kappa shape index (κ1) is 16.9. The maximum Gasteiger partial charge on any atom is 0.327 e. The van der Waals surface area contributed by atoms with E-state index >= 15 is 0 Å². The fourth-order valence-corrected chi connectivity index (χ4v) is 1.42. The van der Waals surface area contributed by atoms with Crippen molar-refractivity contribution in [1.82, 2.24) is 29.9 Å². The number of rotatable bonds is 0. The molecule has 0 saturated heterocycles.